The Hall–Kier alpha value is -3.69. The van der Waals surface area contributed by atoms with E-state index in [0.717, 1.165) is 85.7 Å². The van der Waals surface area contributed by atoms with Crippen LogP contribution < -0.4 is 21.7 Å². The predicted octanol–water partition coefficient (Wildman–Crippen LogP) is 5.17. The molecule has 2 atom stereocenters. The molecule has 3 aromatic rings. The molecule has 4 rings (SSSR count). The Morgan fingerprint density at radius 2 is 1.68 bits per heavy atom. The quantitative estimate of drug-likeness (QED) is 0.187. The topological polar surface area (TPSA) is 144 Å². The van der Waals surface area contributed by atoms with Gasteiger partial charge in [0.15, 0.2) is 5.82 Å². The van der Waals surface area contributed by atoms with Crippen molar-refractivity contribution in [3.63, 3.8) is 0 Å². The van der Waals surface area contributed by atoms with Crippen molar-refractivity contribution >= 4 is 45.5 Å². The summed E-state index contributed by atoms with van der Waals surface area (Å²) in [7, 11) is 0. The number of hydrogen-bond acceptors (Lipinski definition) is 6. The minimum absolute atomic E-state index is 0.0501. The van der Waals surface area contributed by atoms with Gasteiger partial charge in [0.25, 0.3) is 0 Å². The minimum atomic E-state index is -0.286. The number of nitrogens with two attached hydrogens (primary N) is 1. The van der Waals surface area contributed by atoms with E-state index in [1.165, 1.54) is 25.7 Å². The van der Waals surface area contributed by atoms with E-state index in [0.29, 0.717) is 18.3 Å². The number of nitrogens with zero attached hydrogens (tertiary/aromatic N) is 3. The summed E-state index contributed by atoms with van der Waals surface area (Å²) in [5.74, 6) is 1.46. The molecule has 1 aliphatic carbocycles. The maximum Gasteiger partial charge on any atom is 0.239 e. The first-order valence-corrected chi connectivity index (χ1v) is 16.7. The van der Waals surface area contributed by atoms with Crippen LogP contribution in [0.4, 0.5) is 5.82 Å². The zero-order valence-corrected chi connectivity index (χ0v) is 26.6. The van der Waals surface area contributed by atoms with E-state index < -0.39 is 0 Å². The van der Waals surface area contributed by atoms with E-state index in [-0.39, 0.29) is 43.1 Å². The molecule has 10 heteroatoms. The second-order valence-electron chi connectivity index (χ2n) is 12.4. The van der Waals surface area contributed by atoms with Gasteiger partial charge in [-0.1, -0.05) is 70.6 Å². The van der Waals surface area contributed by atoms with Crippen molar-refractivity contribution in [2.45, 2.75) is 116 Å². The minimum Gasteiger partial charge on any atom is -0.382 e. The highest BCUT2D eigenvalue weighted by molar-refractivity contribution is 6.06. The highest BCUT2D eigenvalue weighted by atomic mass is 16.2. The van der Waals surface area contributed by atoms with Gasteiger partial charge in [-0.3, -0.25) is 14.4 Å². The SMILES string of the molecule is CCCCc1nc2c(N)nc3ccccc3c2n1CCCCNC(=O)CCC(=O)NCC(=O)NC1CCCCCCC(C)C1. The number of benzene rings is 1. The second-order valence-corrected chi connectivity index (χ2v) is 12.4. The Kier molecular flexibility index (Phi) is 12.8. The summed E-state index contributed by atoms with van der Waals surface area (Å²) >= 11 is 0. The number of carbonyl (C=O) groups excluding carboxylic acids is 3. The molecule has 1 fully saturated rings. The van der Waals surface area contributed by atoms with Gasteiger partial charge >= 0.3 is 0 Å². The number of carbonyl (C=O) groups is 3. The first-order valence-electron chi connectivity index (χ1n) is 16.7. The van der Waals surface area contributed by atoms with Gasteiger partial charge in [-0.25, -0.2) is 9.97 Å². The summed E-state index contributed by atoms with van der Waals surface area (Å²) in [6, 6.07) is 8.18. The van der Waals surface area contributed by atoms with Crippen LogP contribution in [0.15, 0.2) is 24.3 Å². The first kappa shape index (κ1) is 33.2. The molecule has 1 aliphatic rings. The van der Waals surface area contributed by atoms with Gasteiger partial charge in [0, 0.05) is 43.8 Å². The summed E-state index contributed by atoms with van der Waals surface area (Å²) in [4.78, 5) is 46.5. The van der Waals surface area contributed by atoms with Crippen LogP contribution in [0.2, 0.25) is 0 Å². The smallest absolute Gasteiger partial charge is 0.239 e. The molecule has 240 valence electrons. The molecule has 2 heterocycles. The number of rotatable bonds is 14. The van der Waals surface area contributed by atoms with Crippen LogP contribution in [-0.2, 0) is 27.3 Å². The standard InChI is InChI=1S/C34H51N7O3/c1-3-4-17-28-40-32-33(26-15-9-10-16-27(26)39-34(32)35)41(28)21-12-11-20-36-29(42)18-19-30(43)37-23-31(44)38-25-14-8-6-5-7-13-24(2)22-25/h9-10,15-16,24-25H,3-8,11-14,17-23H2,1-2H3,(H2,35,39)(H,36,42)(H,37,43)(H,38,44). The van der Waals surface area contributed by atoms with Gasteiger partial charge in [0.2, 0.25) is 17.7 Å². The summed E-state index contributed by atoms with van der Waals surface area (Å²) in [6.07, 6.45) is 12.9. The molecule has 0 spiro atoms. The van der Waals surface area contributed by atoms with Crippen LogP contribution in [0.5, 0.6) is 0 Å². The zero-order chi connectivity index (χ0) is 31.3. The van der Waals surface area contributed by atoms with Crippen molar-refractivity contribution in [2.75, 3.05) is 18.8 Å². The van der Waals surface area contributed by atoms with Gasteiger partial charge in [0.1, 0.15) is 11.3 Å². The fourth-order valence-electron chi connectivity index (χ4n) is 6.25. The molecule has 44 heavy (non-hydrogen) atoms. The number of aryl methyl sites for hydroxylation is 2. The average Bonchev–Trinajstić information content (AvgIpc) is 3.42. The third kappa shape index (κ3) is 9.66. The van der Waals surface area contributed by atoms with Crippen molar-refractivity contribution in [3.05, 3.63) is 30.1 Å². The average molecular weight is 606 g/mol. The largest absolute Gasteiger partial charge is 0.382 e. The monoisotopic (exact) mass is 605 g/mol. The third-order valence-electron chi connectivity index (χ3n) is 8.65. The number of imidazole rings is 1. The van der Waals surface area contributed by atoms with Crippen LogP contribution in [0.3, 0.4) is 0 Å². The number of amides is 3. The van der Waals surface area contributed by atoms with Crippen LogP contribution in [0, 0.1) is 5.92 Å². The van der Waals surface area contributed by atoms with Crippen LogP contribution in [0.1, 0.15) is 103 Å². The molecule has 10 nitrogen and oxygen atoms in total. The highest BCUT2D eigenvalue weighted by Crippen LogP contribution is 2.29. The van der Waals surface area contributed by atoms with E-state index in [1.807, 2.05) is 18.2 Å². The molecule has 0 saturated heterocycles. The number of anilines is 1. The van der Waals surface area contributed by atoms with Gasteiger partial charge in [-0.15, -0.1) is 0 Å². The van der Waals surface area contributed by atoms with Crippen molar-refractivity contribution in [1.29, 1.82) is 0 Å². The number of pyridine rings is 1. The molecule has 2 unspecified atom stereocenters. The van der Waals surface area contributed by atoms with Crippen molar-refractivity contribution in [3.8, 4) is 0 Å². The van der Waals surface area contributed by atoms with E-state index in [1.54, 1.807) is 0 Å². The van der Waals surface area contributed by atoms with Gasteiger partial charge in [-0.05, 0) is 44.1 Å². The highest BCUT2D eigenvalue weighted by Gasteiger charge is 2.19. The molecule has 0 aliphatic heterocycles. The van der Waals surface area contributed by atoms with E-state index in [9.17, 15) is 14.4 Å². The lowest BCUT2D eigenvalue weighted by Crippen LogP contribution is -2.42. The number of para-hydroxylation sites is 1. The maximum atomic E-state index is 12.4. The fraction of sp³-hybridized carbons (Fsp3) is 0.618. The molecular formula is C34H51N7O3. The van der Waals surface area contributed by atoms with Gasteiger partial charge < -0.3 is 26.3 Å². The normalized spacial score (nSPS) is 17.5. The summed E-state index contributed by atoms with van der Waals surface area (Å²) in [6.45, 7) is 5.67. The van der Waals surface area contributed by atoms with Crippen molar-refractivity contribution in [1.82, 2.24) is 30.5 Å². The Balaban J connectivity index is 1.17. The van der Waals surface area contributed by atoms with Gasteiger partial charge in [-0.2, -0.15) is 0 Å². The first-order chi connectivity index (χ1) is 21.4. The van der Waals surface area contributed by atoms with Crippen molar-refractivity contribution < 1.29 is 14.4 Å². The zero-order valence-electron chi connectivity index (χ0n) is 26.6. The molecule has 1 aromatic carbocycles. The number of aromatic nitrogens is 3. The van der Waals surface area contributed by atoms with Crippen LogP contribution in [0.25, 0.3) is 21.9 Å². The van der Waals surface area contributed by atoms with Crippen LogP contribution >= 0.6 is 0 Å². The fourth-order valence-corrected chi connectivity index (χ4v) is 6.25. The van der Waals surface area contributed by atoms with Gasteiger partial charge in [0.05, 0.1) is 17.6 Å². The van der Waals surface area contributed by atoms with E-state index >= 15 is 0 Å². The van der Waals surface area contributed by atoms with Crippen molar-refractivity contribution in [2.24, 2.45) is 5.92 Å². The number of hydrogen-bond donors (Lipinski definition) is 4. The molecular weight excluding hydrogens is 554 g/mol. The van der Waals surface area contributed by atoms with E-state index in [2.05, 4.69) is 45.4 Å². The molecule has 5 N–H and O–H groups in total. The maximum absolute atomic E-state index is 12.4. The molecule has 1 saturated carbocycles. The Morgan fingerprint density at radius 1 is 0.932 bits per heavy atom. The lowest BCUT2D eigenvalue weighted by Gasteiger charge is -2.21. The summed E-state index contributed by atoms with van der Waals surface area (Å²) < 4.78 is 2.27. The molecule has 3 amide bonds. The third-order valence-corrected chi connectivity index (χ3v) is 8.65. The molecule has 0 radical (unpaired) electrons. The van der Waals surface area contributed by atoms with Crippen LogP contribution in [-0.4, -0.2) is 51.4 Å². The number of unbranched alkanes of at least 4 members (excludes halogenated alkanes) is 2. The summed E-state index contributed by atoms with van der Waals surface area (Å²) in [5.41, 5.74) is 8.94. The number of nitrogen functional groups attached to an aromatic ring is 1. The Labute approximate surface area is 261 Å². The van der Waals surface area contributed by atoms with E-state index in [4.69, 9.17) is 10.7 Å². The lowest BCUT2D eigenvalue weighted by molar-refractivity contribution is -0.128. The number of fused-ring (bicyclic) bond motifs is 3. The lowest BCUT2D eigenvalue weighted by atomic mass is 9.96. The second kappa shape index (κ2) is 17.0. The predicted molar refractivity (Wildman–Crippen MR) is 176 cm³/mol. The number of nitrogens with one attached hydrogen (secondary N) is 3. The Bertz CT molecular complexity index is 1400. The summed E-state index contributed by atoms with van der Waals surface area (Å²) in [5, 5.41) is 9.74. The molecule has 2 aromatic heterocycles. The molecule has 0 bridgehead atoms. The Morgan fingerprint density at radius 3 is 2.48 bits per heavy atom.